The van der Waals surface area contributed by atoms with Crippen molar-refractivity contribution in [2.75, 3.05) is 16.8 Å². The van der Waals surface area contributed by atoms with Crippen LogP contribution in [-0.4, -0.2) is 18.5 Å². The first-order valence-electron chi connectivity index (χ1n) is 7.73. The summed E-state index contributed by atoms with van der Waals surface area (Å²) in [6.07, 6.45) is 4.75. The van der Waals surface area contributed by atoms with E-state index in [2.05, 4.69) is 38.2 Å². The molecule has 1 aromatic rings. The molecule has 0 radical (unpaired) electrons. The number of anilines is 2. The first-order chi connectivity index (χ1) is 9.54. The fourth-order valence-corrected chi connectivity index (χ4v) is 2.71. The van der Waals surface area contributed by atoms with Crippen molar-refractivity contribution in [2.45, 2.75) is 59.4 Å². The van der Waals surface area contributed by atoms with Gasteiger partial charge in [0.2, 0.25) is 5.91 Å². The number of hydrogen-bond acceptors (Lipinski definition) is 2. The second-order valence-corrected chi connectivity index (χ2v) is 5.87. The van der Waals surface area contributed by atoms with Gasteiger partial charge in [0.1, 0.15) is 6.04 Å². The second kappa shape index (κ2) is 6.29. The van der Waals surface area contributed by atoms with E-state index >= 15 is 0 Å². The van der Waals surface area contributed by atoms with Crippen LogP contribution < -0.4 is 10.2 Å². The number of amides is 1. The Morgan fingerprint density at radius 2 is 1.85 bits per heavy atom. The van der Waals surface area contributed by atoms with Gasteiger partial charge in [0.05, 0.1) is 11.4 Å². The maximum absolute atomic E-state index is 12.4. The molecule has 1 aromatic carbocycles. The molecule has 0 spiro atoms. The van der Waals surface area contributed by atoms with E-state index in [0.717, 1.165) is 24.3 Å². The van der Waals surface area contributed by atoms with E-state index in [4.69, 9.17) is 0 Å². The van der Waals surface area contributed by atoms with Crippen molar-refractivity contribution in [3.8, 4) is 0 Å². The largest absolute Gasteiger partial charge is 0.372 e. The minimum atomic E-state index is -0.129. The number of aryl methyl sites for hydroxylation is 2. The van der Waals surface area contributed by atoms with Crippen molar-refractivity contribution < 1.29 is 4.79 Å². The van der Waals surface area contributed by atoms with Gasteiger partial charge in [0.25, 0.3) is 0 Å². The number of rotatable bonds is 5. The van der Waals surface area contributed by atoms with Crippen LogP contribution in [-0.2, 0) is 4.79 Å². The topological polar surface area (TPSA) is 32.3 Å². The average molecular weight is 274 g/mol. The molecule has 1 atom stereocenters. The van der Waals surface area contributed by atoms with E-state index in [1.54, 1.807) is 0 Å². The maximum Gasteiger partial charge on any atom is 0.249 e. The molecule has 2 rings (SSSR count). The molecule has 1 unspecified atom stereocenters. The Kier molecular flexibility index (Phi) is 4.69. The van der Waals surface area contributed by atoms with Gasteiger partial charge < -0.3 is 10.2 Å². The van der Waals surface area contributed by atoms with Crippen molar-refractivity contribution in [2.24, 2.45) is 0 Å². The van der Waals surface area contributed by atoms with Gasteiger partial charge in [-0.15, -0.1) is 0 Å². The van der Waals surface area contributed by atoms with Gasteiger partial charge in [0, 0.05) is 6.54 Å². The summed E-state index contributed by atoms with van der Waals surface area (Å²) in [5, 5.41) is 3.32. The molecule has 0 aliphatic carbocycles. The minimum Gasteiger partial charge on any atom is -0.372 e. The molecule has 1 aliphatic rings. The van der Waals surface area contributed by atoms with Crippen LogP contribution >= 0.6 is 0 Å². The first-order valence-corrected chi connectivity index (χ1v) is 7.73. The summed E-state index contributed by atoms with van der Waals surface area (Å²) in [6, 6.07) is 4.17. The predicted molar refractivity (Wildman–Crippen MR) is 85.5 cm³/mol. The molecule has 110 valence electrons. The van der Waals surface area contributed by atoms with E-state index in [1.807, 2.05) is 11.8 Å². The lowest BCUT2D eigenvalue weighted by atomic mass is 10.0. The highest BCUT2D eigenvalue weighted by atomic mass is 16.2. The normalized spacial score (nSPS) is 17.9. The van der Waals surface area contributed by atoms with Crippen molar-refractivity contribution in [3.63, 3.8) is 0 Å². The van der Waals surface area contributed by atoms with Crippen LogP contribution in [0.5, 0.6) is 0 Å². The van der Waals surface area contributed by atoms with Gasteiger partial charge in [-0.25, -0.2) is 0 Å². The van der Waals surface area contributed by atoms with Gasteiger partial charge in [-0.05, 0) is 50.5 Å². The fraction of sp³-hybridized carbons (Fsp3) is 0.588. The Morgan fingerprint density at radius 1 is 1.15 bits per heavy atom. The monoisotopic (exact) mass is 274 g/mol. The molecule has 20 heavy (non-hydrogen) atoms. The van der Waals surface area contributed by atoms with Gasteiger partial charge >= 0.3 is 0 Å². The first kappa shape index (κ1) is 14.9. The smallest absolute Gasteiger partial charge is 0.249 e. The molecule has 3 nitrogen and oxygen atoms in total. The molecule has 0 fully saturated rings. The van der Waals surface area contributed by atoms with Gasteiger partial charge in [-0.1, -0.05) is 26.2 Å². The van der Waals surface area contributed by atoms with Crippen molar-refractivity contribution in [1.29, 1.82) is 0 Å². The molecule has 0 saturated heterocycles. The van der Waals surface area contributed by atoms with Crippen molar-refractivity contribution >= 4 is 17.3 Å². The number of carbonyl (C=O) groups excluding carboxylic acids is 1. The average Bonchev–Trinajstić information content (AvgIpc) is 2.41. The van der Waals surface area contributed by atoms with Crippen LogP contribution in [0.4, 0.5) is 11.4 Å². The third-order valence-electron chi connectivity index (χ3n) is 4.15. The number of unbranched alkanes of at least 4 members (excludes halogenated alkanes) is 3. The SMILES string of the molecule is CCCCCCN1C(=O)C(C)Nc2cc(C)c(C)cc21. The maximum atomic E-state index is 12.4. The number of nitrogens with one attached hydrogen (secondary N) is 1. The van der Waals surface area contributed by atoms with Crippen molar-refractivity contribution in [1.82, 2.24) is 0 Å². The molecular weight excluding hydrogens is 248 g/mol. The summed E-state index contributed by atoms with van der Waals surface area (Å²) in [5.74, 6) is 0.192. The minimum absolute atomic E-state index is 0.129. The summed E-state index contributed by atoms with van der Waals surface area (Å²) >= 11 is 0. The van der Waals surface area contributed by atoms with Crippen LogP contribution in [0.25, 0.3) is 0 Å². The lowest BCUT2D eigenvalue weighted by Gasteiger charge is -2.34. The summed E-state index contributed by atoms with van der Waals surface area (Å²) in [7, 11) is 0. The second-order valence-electron chi connectivity index (χ2n) is 5.87. The van der Waals surface area contributed by atoms with Crippen LogP contribution in [0.3, 0.4) is 0 Å². The number of nitrogens with zero attached hydrogens (tertiary/aromatic N) is 1. The molecule has 1 heterocycles. The van der Waals surface area contributed by atoms with Gasteiger partial charge in [-0.2, -0.15) is 0 Å². The molecule has 0 aromatic heterocycles. The molecule has 1 amide bonds. The van der Waals surface area contributed by atoms with Gasteiger partial charge in [-0.3, -0.25) is 4.79 Å². The summed E-state index contributed by atoms with van der Waals surface area (Å²) in [6.45, 7) is 9.21. The third-order valence-corrected chi connectivity index (χ3v) is 4.15. The van der Waals surface area contributed by atoms with E-state index < -0.39 is 0 Å². The number of carbonyl (C=O) groups is 1. The van der Waals surface area contributed by atoms with E-state index in [1.165, 1.54) is 30.4 Å². The van der Waals surface area contributed by atoms with Crippen molar-refractivity contribution in [3.05, 3.63) is 23.3 Å². The van der Waals surface area contributed by atoms with E-state index in [9.17, 15) is 4.79 Å². The lowest BCUT2D eigenvalue weighted by molar-refractivity contribution is -0.119. The highest BCUT2D eigenvalue weighted by Crippen LogP contribution is 2.34. The number of fused-ring (bicyclic) bond motifs is 1. The highest BCUT2D eigenvalue weighted by molar-refractivity contribution is 6.04. The van der Waals surface area contributed by atoms with Crippen LogP contribution in [0, 0.1) is 13.8 Å². The van der Waals surface area contributed by atoms with Crippen LogP contribution in [0.15, 0.2) is 12.1 Å². The standard InChI is InChI=1S/C17H26N2O/c1-5-6-7-8-9-19-16-11-13(3)12(2)10-15(16)18-14(4)17(19)20/h10-11,14,18H,5-9H2,1-4H3. The Morgan fingerprint density at radius 3 is 2.55 bits per heavy atom. The van der Waals surface area contributed by atoms with Crippen LogP contribution in [0.1, 0.15) is 50.7 Å². The Balaban J connectivity index is 2.22. The van der Waals surface area contributed by atoms with E-state index in [0.29, 0.717) is 0 Å². The summed E-state index contributed by atoms with van der Waals surface area (Å²) < 4.78 is 0. The zero-order valence-corrected chi connectivity index (χ0v) is 13.1. The zero-order valence-electron chi connectivity index (χ0n) is 13.1. The number of benzene rings is 1. The Bertz CT molecular complexity index is 496. The highest BCUT2D eigenvalue weighted by Gasteiger charge is 2.29. The zero-order chi connectivity index (χ0) is 14.7. The van der Waals surface area contributed by atoms with E-state index in [-0.39, 0.29) is 11.9 Å². The molecule has 0 bridgehead atoms. The lowest BCUT2D eigenvalue weighted by Crippen LogP contribution is -2.46. The molecule has 1 aliphatic heterocycles. The number of hydrogen-bond donors (Lipinski definition) is 1. The van der Waals surface area contributed by atoms with Crippen LogP contribution in [0.2, 0.25) is 0 Å². The molecular formula is C17H26N2O. The predicted octanol–water partition coefficient (Wildman–Crippen LogP) is 4.03. The van der Waals surface area contributed by atoms with Gasteiger partial charge in [0.15, 0.2) is 0 Å². The summed E-state index contributed by atoms with van der Waals surface area (Å²) in [4.78, 5) is 14.4. The Labute approximate surface area is 122 Å². The molecule has 3 heteroatoms. The summed E-state index contributed by atoms with van der Waals surface area (Å²) in [5.41, 5.74) is 4.65. The fourth-order valence-electron chi connectivity index (χ4n) is 2.71. The Hall–Kier alpha value is -1.51. The third kappa shape index (κ3) is 2.97. The molecule has 0 saturated carbocycles. The molecule has 1 N–H and O–H groups in total. The quantitative estimate of drug-likeness (QED) is 0.822.